The van der Waals surface area contributed by atoms with Gasteiger partial charge in [-0.2, -0.15) is 0 Å². The molecule has 2 rings (SSSR count). The van der Waals surface area contributed by atoms with Gasteiger partial charge in [0.05, 0.1) is 11.1 Å². The van der Waals surface area contributed by atoms with E-state index < -0.39 is 40.4 Å². The predicted molar refractivity (Wildman–Crippen MR) is 93.8 cm³/mol. The summed E-state index contributed by atoms with van der Waals surface area (Å²) in [5.74, 6) is -5.64. The number of benzene rings is 2. The van der Waals surface area contributed by atoms with E-state index in [0.29, 0.717) is 16.6 Å². The molecule has 0 aromatic heterocycles. The summed E-state index contributed by atoms with van der Waals surface area (Å²) in [4.78, 5) is 25.2. The van der Waals surface area contributed by atoms with Crippen LogP contribution < -0.4 is 5.43 Å². The Hall–Kier alpha value is -2.35. The molecular formula is C18H16BrF3N2O2. The number of carbonyl (C=O) groups is 2. The minimum Gasteiger partial charge on any atom is -0.267 e. The topological polar surface area (TPSA) is 49.4 Å². The minimum atomic E-state index is -1.36. The maximum Gasteiger partial charge on any atom is 0.275 e. The molecule has 2 amide bonds. The summed E-state index contributed by atoms with van der Waals surface area (Å²) in [5, 5.41) is 0.970. The molecule has 0 saturated carbocycles. The molecule has 0 atom stereocenters. The van der Waals surface area contributed by atoms with Gasteiger partial charge in [0, 0.05) is 16.6 Å². The van der Waals surface area contributed by atoms with Gasteiger partial charge in [-0.15, -0.1) is 0 Å². The highest BCUT2D eigenvalue weighted by molar-refractivity contribution is 9.10. The van der Waals surface area contributed by atoms with Crippen molar-refractivity contribution in [2.45, 2.75) is 26.3 Å². The maximum atomic E-state index is 13.8. The first kappa shape index (κ1) is 20.0. The van der Waals surface area contributed by atoms with Gasteiger partial charge in [-0.25, -0.2) is 18.2 Å². The van der Waals surface area contributed by atoms with Crippen LogP contribution in [0.5, 0.6) is 0 Å². The van der Waals surface area contributed by atoms with Crippen molar-refractivity contribution in [3.05, 3.63) is 69.4 Å². The van der Waals surface area contributed by atoms with E-state index >= 15 is 0 Å². The van der Waals surface area contributed by atoms with Crippen LogP contribution in [0.2, 0.25) is 0 Å². The highest BCUT2D eigenvalue weighted by atomic mass is 79.9. The summed E-state index contributed by atoms with van der Waals surface area (Å²) in [6, 6.07) is 7.33. The fourth-order valence-electron chi connectivity index (χ4n) is 2.19. The van der Waals surface area contributed by atoms with Gasteiger partial charge in [0.25, 0.3) is 11.8 Å². The van der Waals surface area contributed by atoms with Crippen molar-refractivity contribution < 1.29 is 22.8 Å². The van der Waals surface area contributed by atoms with E-state index in [1.165, 1.54) is 6.07 Å². The summed E-state index contributed by atoms with van der Waals surface area (Å²) >= 11 is 3.25. The monoisotopic (exact) mass is 428 g/mol. The third-order valence-electron chi connectivity index (χ3n) is 3.43. The molecule has 4 nitrogen and oxygen atoms in total. The molecule has 2 aromatic rings. The number of nitrogens with zero attached hydrogens (tertiary/aromatic N) is 1. The van der Waals surface area contributed by atoms with Gasteiger partial charge in [0.1, 0.15) is 23.0 Å². The fraction of sp³-hybridized carbons (Fsp3) is 0.222. The van der Waals surface area contributed by atoms with Gasteiger partial charge in [-0.05, 0) is 48.8 Å². The molecule has 2 aromatic carbocycles. The largest absolute Gasteiger partial charge is 0.275 e. The van der Waals surface area contributed by atoms with Crippen molar-refractivity contribution in [1.29, 1.82) is 0 Å². The molecule has 0 saturated heterocycles. The van der Waals surface area contributed by atoms with Crippen LogP contribution in [0, 0.1) is 17.5 Å². The Balaban J connectivity index is 2.40. The van der Waals surface area contributed by atoms with Crippen molar-refractivity contribution in [2.24, 2.45) is 0 Å². The maximum absolute atomic E-state index is 13.8. The molecule has 0 spiro atoms. The fourth-order valence-corrected chi connectivity index (χ4v) is 2.65. The minimum absolute atomic E-state index is 0.253. The number of hydrogen-bond donors (Lipinski definition) is 1. The zero-order chi connectivity index (χ0) is 19.6. The molecular weight excluding hydrogens is 413 g/mol. The molecule has 138 valence electrons. The number of carbonyl (C=O) groups excluding carboxylic acids is 2. The summed E-state index contributed by atoms with van der Waals surface area (Å²) < 4.78 is 41.2. The first-order valence-corrected chi connectivity index (χ1v) is 8.36. The van der Waals surface area contributed by atoms with Gasteiger partial charge >= 0.3 is 0 Å². The van der Waals surface area contributed by atoms with Crippen molar-refractivity contribution in [3.63, 3.8) is 0 Å². The van der Waals surface area contributed by atoms with Crippen molar-refractivity contribution in [2.75, 3.05) is 0 Å². The van der Waals surface area contributed by atoms with Crippen LogP contribution in [0.15, 0.2) is 40.9 Å². The lowest BCUT2D eigenvalue weighted by Gasteiger charge is -2.35. The third-order valence-corrected chi connectivity index (χ3v) is 4.12. The lowest BCUT2D eigenvalue weighted by Crippen LogP contribution is -2.56. The van der Waals surface area contributed by atoms with Crippen LogP contribution in [0.4, 0.5) is 13.2 Å². The molecule has 0 aliphatic heterocycles. The second-order valence-electron chi connectivity index (χ2n) is 6.48. The van der Waals surface area contributed by atoms with E-state index in [2.05, 4.69) is 21.4 Å². The predicted octanol–water partition coefficient (Wildman–Crippen LogP) is 4.45. The summed E-state index contributed by atoms with van der Waals surface area (Å²) in [7, 11) is 0. The molecule has 0 heterocycles. The first-order valence-electron chi connectivity index (χ1n) is 7.57. The van der Waals surface area contributed by atoms with Gasteiger partial charge < -0.3 is 0 Å². The number of hydrogen-bond acceptors (Lipinski definition) is 2. The van der Waals surface area contributed by atoms with Crippen LogP contribution in [0.25, 0.3) is 0 Å². The summed E-state index contributed by atoms with van der Waals surface area (Å²) in [5.41, 5.74) is 0.595. The Bertz CT molecular complexity index is 843. The van der Waals surface area contributed by atoms with Gasteiger partial charge in [0.15, 0.2) is 0 Å². The Morgan fingerprint density at radius 1 is 1.04 bits per heavy atom. The summed E-state index contributed by atoms with van der Waals surface area (Å²) in [6.07, 6.45) is 0. The van der Waals surface area contributed by atoms with Gasteiger partial charge in [0.2, 0.25) is 0 Å². The quantitative estimate of drug-likeness (QED) is 0.718. The number of hydrazine groups is 1. The van der Waals surface area contributed by atoms with Crippen molar-refractivity contribution in [1.82, 2.24) is 10.4 Å². The Morgan fingerprint density at radius 3 is 2.08 bits per heavy atom. The van der Waals surface area contributed by atoms with Crippen LogP contribution >= 0.6 is 15.9 Å². The number of rotatable bonds is 2. The average Bonchev–Trinajstić information content (AvgIpc) is 2.50. The van der Waals surface area contributed by atoms with Crippen LogP contribution in [-0.4, -0.2) is 22.4 Å². The Kier molecular flexibility index (Phi) is 5.75. The lowest BCUT2D eigenvalue weighted by atomic mass is 10.1. The van der Waals surface area contributed by atoms with E-state index in [4.69, 9.17) is 0 Å². The van der Waals surface area contributed by atoms with Crippen molar-refractivity contribution in [3.8, 4) is 0 Å². The molecule has 8 heteroatoms. The second kappa shape index (κ2) is 7.49. The van der Waals surface area contributed by atoms with Crippen LogP contribution in [-0.2, 0) is 0 Å². The van der Waals surface area contributed by atoms with E-state index in [-0.39, 0.29) is 5.56 Å². The molecule has 0 aliphatic rings. The molecule has 26 heavy (non-hydrogen) atoms. The standard InChI is InChI=1S/C18H16BrF3N2O2/c1-18(2,3)24(17(26)11-6-4-5-7-12(11)19)23-16(25)15-13(21)8-10(20)9-14(15)22/h4-9H,1-3H3,(H,23,25). The molecule has 0 radical (unpaired) electrons. The normalized spacial score (nSPS) is 11.2. The van der Waals surface area contributed by atoms with Crippen LogP contribution in [0.1, 0.15) is 41.5 Å². The number of halogens is 4. The molecule has 0 bridgehead atoms. The number of nitrogens with one attached hydrogen (secondary N) is 1. The van der Waals surface area contributed by atoms with E-state index in [1.54, 1.807) is 39.0 Å². The van der Waals surface area contributed by atoms with E-state index in [9.17, 15) is 22.8 Å². The first-order chi connectivity index (χ1) is 12.0. The lowest BCUT2D eigenvalue weighted by molar-refractivity contribution is 0.0354. The molecule has 0 fully saturated rings. The Labute approximate surface area is 157 Å². The second-order valence-corrected chi connectivity index (χ2v) is 7.33. The number of amides is 2. The van der Waals surface area contributed by atoms with E-state index in [1.807, 2.05) is 0 Å². The zero-order valence-corrected chi connectivity index (χ0v) is 15.8. The smallest absolute Gasteiger partial charge is 0.267 e. The zero-order valence-electron chi connectivity index (χ0n) is 14.2. The van der Waals surface area contributed by atoms with Crippen molar-refractivity contribution >= 4 is 27.7 Å². The average molecular weight is 429 g/mol. The molecule has 0 unspecified atom stereocenters. The molecule has 1 N–H and O–H groups in total. The van der Waals surface area contributed by atoms with E-state index in [0.717, 1.165) is 5.01 Å². The van der Waals surface area contributed by atoms with Gasteiger partial charge in [-0.3, -0.25) is 15.0 Å². The highest BCUT2D eigenvalue weighted by Gasteiger charge is 2.32. The van der Waals surface area contributed by atoms with Gasteiger partial charge in [-0.1, -0.05) is 12.1 Å². The highest BCUT2D eigenvalue weighted by Crippen LogP contribution is 2.22. The van der Waals surface area contributed by atoms with Crippen LogP contribution in [0.3, 0.4) is 0 Å². The SMILES string of the molecule is CC(C)(C)N(NC(=O)c1c(F)cc(F)cc1F)C(=O)c1ccccc1Br. The third kappa shape index (κ3) is 4.24. The Morgan fingerprint density at radius 2 is 1.58 bits per heavy atom. The molecule has 0 aliphatic carbocycles. The summed E-state index contributed by atoms with van der Waals surface area (Å²) in [6.45, 7) is 4.91.